The van der Waals surface area contributed by atoms with Crippen molar-refractivity contribution < 1.29 is 14.4 Å². The van der Waals surface area contributed by atoms with Gasteiger partial charge in [0, 0.05) is 23.4 Å². The smallest absolute Gasteiger partial charge is 0.404 e. The first-order chi connectivity index (χ1) is 12.2. The van der Waals surface area contributed by atoms with Crippen LogP contribution < -0.4 is 5.73 Å². The average molecular weight is 363 g/mol. The zero-order chi connectivity index (χ0) is 19.5. The molecule has 5 nitrogen and oxygen atoms in total. The van der Waals surface area contributed by atoms with Gasteiger partial charge in [0.05, 0.1) is 0 Å². The summed E-state index contributed by atoms with van der Waals surface area (Å²) in [5.74, 6) is 0.0996. The van der Waals surface area contributed by atoms with Gasteiger partial charge in [-0.25, -0.2) is 4.79 Å². The van der Waals surface area contributed by atoms with Crippen LogP contribution in [0.15, 0.2) is 30.3 Å². The van der Waals surface area contributed by atoms with Crippen LogP contribution in [0.5, 0.6) is 0 Å². The molecule has 2 N–H and O–H groups in total. The molecule has 0 saturated carbocycles. The monoisotopic (exact) mass is 362 g/mol. The number of amides is 1. The van der Waals surface area contributed by atoms with Crippen LogP contribution in [0, 0.1) is 5.92 Å². The first-order valence-corrected chi connectivity index (χ1v) is 9.66. The summed E-state index contributed by atoms with van der Waals surface area (Å²) < 4.78 is 5.49. The minimum atomic E-state index is -0.703. The molecule has 26 heavy (non-hydrogen) atoms. The fraction of sp³-hybridized carbons (Fsp3) is 0.667. The van der Waals surface area contributed by atoms with E-state index >= 15 is 0 Å². The highest BCUT2D eigenvalue weighted by Gasteiger charge is 2.55. The topological polar surface area (TPSA) is 64.8 Å². The molecular weight excluding hydrogens is 328 g/mol. The molecule has 1 fully saturated rings. The van der Waals surface area contributed by atoms with E-state index in [2.05, 4.69) is 58.7 Å². The first-order valence-electron chi connectivity index (χ1n) is 9.66. The average Bonchev–Trinajstić information content (AvgIpc) is 2.63. The first kappa shape index (κ1) is 20.7. The minimum Gasteiger partial charge on any atom is -0.446 e. The normalized spacial score (nSPS) is 33.6. The molecule has 2 rings (SSSR count). The van der Waals surface area contributed by atoms with Crippen LogP contribution in [0.3, 0.4) is 0 Å². The van der Waals surface area contributed by atoms with Crippen molar-refractivity contribution in [3.8, 4) is 0 Å². The van der Waals surface area contributed by atoms with Crippen LogP contribution in [0.25, 0.3) is 0 Å². The third kappa shape index (κ3) is 3.89. The molecule has 1 aliphatic heterocycles. The molecule has 1 aromatic rings. The predicted molar refractivity (Wildman–Crippen MR) is 103 cm³/mol. The molecule has 1 saturated heterocycles. The number of hydrogen-bond acceptors (Lipinski definition) is 4. The number of carbonyl (C=O) groups is 1. The second-order valence-corrected chi connectivity index (χ2v) is 7.98. The van der Waals surface area contributed by atoms with Crippen molar-refractivity contribution >= 4 is 6.09 Å². The summed E-state index contributed by atoms with van der Waals surface area (Å²) in [6.07, 6.45) is 1.48. The number of nitrogens with two attached hydrogens (primary N) is 1. The largest absolute Gasteiger partial charge is 0.446 e. The number of rotatable bonds is 6. The number of hydrogen-bond donors (Lipinski definition) is 1. The second kappa shape index (κ2) is 7.97. The van der Waals surface area contributed by atoms with Crippen molar-refractivity contribution in [1.82, 2.24) is 5.06 Å². The van der Waals surface area contributed by atoms with Crippen molar-refractivity contribution in [1.29, 1.82) is 0 Å². The lowest BCUT2D eigenvalue weighted by Crippen LogP contribution is -2.68. The SMILES string of the molecule is CCC1(C)CC(OC(N)=O)C(C)C(C)(CC)N1OC(C)c1ccccc1. The van der Waals surface area contributed by atoms with Crippen LogP contribution in [0.4, 0.5) is 4.79 Å². The minimum absolute atomic E-state index is 0.0613. The van der Waals surface area contributed by atoms with Gasteiger partial charge < -0.3 is 10.5 Å². The van der Waals surface area contributed by atoms with Crippen LogP contribution in [-0.4, -0.2) is 28.3 Å². The standard InChI is InChI=1S/C21H34N2O3/c1-7-20(5)14-18(25-19(22)24)15(3)21(6,8-2)23(20)26-16(4)17-12-10-9-11-13-17/h9-13,15-16,18H,7-8,14H2,1-6H3,(H2,22,24). The lowest BCUT2D eigenvalue weighted by atomic mass is 9.69. The van der Waals surface area contributed by atoms with Gasteiger partial charge in [0.15, 0.2) is 0 Å². The van der Waals surface area contributed by atoms with Gasteiger partial charge >= 0.3 is 6.09 Å². The Morgan fingerprint density at radius 2 is 1.88 bits per heavy atom. The van der Waals surface area contributed by atoms with Crippen LogP contribution >= 0.6 is 0 Å². The van der Waals surface area contributed by atoms with E-state index in [1.165, 1.54) is 0 Å². The summed E-state index contributed by atoms with van der Waals surface area (Å²) in [6, 6.07) is 10.2. The third-order valence-electron chi connectivity index (χ3n) is 6.41. The number of piperidine rings is 1. The van der Waals surface area contributed by atoms with Gasteiger partial charge in [-0.1, -0.05) is 51.1 Å². The fourth-order valence-corrected chi connectivity index (χ4v) is 4.13. The maximum absolute atomic E-state index is 11.4. The number of nitrogens with zero attached hydrogens (tertiary/aromatic N) is 1. The Balaban J connectivity index is 2.36. The van der Waals surface area contributed by atoms with E-state index in [9.17, 15) is 4.79 Å². The van der Waals surface area contributed by atoms with E-state index in [0.717, 1.165) is 18.4 Å². The van der Waals surface area contributed by atoms with Gasteiger partial charge in [-0.15, -0.1) is 0 Å². The summed E-state index contributed by atoms with van der Waals surface area (Å²) in [5.41, 5.74) is 5.96. The summed E-state index contributed by atoms with van der Waals surface area (Å²) >= 11 is 0. The number of hydroxylamine groups is 2. The van der Waals surface area contributed by atoms with Crippen LogP contribution in [0.2, 0.25) is 0 Å². The van der Waals surface area contributed by atoms with Gasteiger partial charge in [0.1, 0.15) is 12.2 Å². The number of primary amides is 1. The lowest BCUT2D eigenvalue weighted by molar-refractivity contribution is -0.335. The summed E-state index contributed by atoms with van der Waals surface area (Å²) in [5, 5.41) is 2.18. The Bertz CT molecular complexity index is 609. The van der Waals surface area contributed by atoms with Gasteiger partial charge in [-0.05, 0) is 39.2 Å². The van der Waals surface area contributed by atoms with E-state index < -0.39 is 6.09 Å². The summed E-state index contributed by atoms with van der Waals surface area (Å²) in [4.78, 5) is 18.0. The molecule has 5 unspecified atom stereocenters. The van der Waals surface area contributed by atoms with Crippen molar-refractivity contribution in [2.45, 2.75) is 84.1 Å². The van der Waals surface area contributed by atoms with E-state index in [1.54, 1.807) is 0 Å². The molecule has 1 aliphatic rings. The van der Waals surface area contributed by atoms with Crippen LogP contribution in [0.1, 0.15) is 72.5 Å². The van der Waals surface area contributed by atoms with Crippen molar-refractivity contribution in [2.75, 3.05) is 0 Å². The van der Waals surface area contributed by atoms with Gasteiger partial charge in [-0.3, -0.25) is 4.84 Å². The summed E-state index contributed by atoms with van der Waals surface area (Å²) in [7, 11) is 0. The second-order valence-electron chi connectivity index (χ2n) is 7.98. The zero-order valence-corrected chi connectivity index (χ0v) is 17.0. The molecule has 0 spiro atoms. The number of ether oxygens (including phenoxy) is 1. The molecule has 1 aromatic carbocycles. The highest BCUT2D eigenvalue weighted by Crippen LogP contribution is 2.48. The maximum Gasteiger partial charge on any atom is 0.404 e. The van der Waals surface area contributed by atoms with Crippen LogP contribution in [-0.2, 0) is 9.57 Å². The Morgan fingerprint density at radius 1 is 1.27 bits per heavy atom. The third-order valence-corrected chi connectivity index (χ3v) is 6.41. The van der Waals surface area contributed by atoms with Gasteiger partial charge in [0.25, 0.3) is 0 Å². The number of benzene rings is 1. The van der Waals surface area contributed by atoms with E-state index in [4.69, 9.17) is 15.3 Å². The molecule has 0 radical (unpaired) electrons. The molecule has 1 heterocycles. The van der Waals surface area contributed by atoms with E-state index in [1.807, 2.05) is 18.2 Å². The summed E-state index contributed by atoms with van der Waals surface area (Å²) in [6.45, 7) is 12.9. The molecule has 146 valence electrons. The fourth-order valence-electron chi connectivity index (χ4n) is 4.13. The Kier molecular flexibility index (Phi) is 6.35. The van der Waals surface area contributed by atoms with Crippen molar-refractivity contribution in [3.63, 3.8) is 0 Å². The van der Waals surface area contributed by atoms with E-state index in [0.29, 0.717) is 6.42 Å². The lowest BCUT2D eigenvalue weighted by Gasteiger charge is -2.59. The quantitative estimate of drug-likeness (QED) is 0.788. The maximum atomic E-state index is 11.4. The highest BCUT2D eigenvalue weighted by atomic mass is 16.7. The molecular formula is C21H34N2O3. The molecule has 0 aromatic heterocycles. The Morgan fingerprint density at radius 3 is 2.38 bits per heavy atom. The van der Waals surface area contributed by atoms with Gasteiger partial charge in [0.2, 0.25) is 0 Å². The Hall–Kier alpha value is -1.59. The molecule has 1 amide bonds. The molecule has 5 atom stereocenters. The molecule has 0 aliphatic carbocycles. The predicted octanol–water partition coefficient (Wildman–Crippen LogP) is 4.82. The van der Waals surface area contributed by atoms with E-state index in [-0.39, 0.29) is 29.2 Å². The Labute approximate surface area is 157 Å². The number of carbonyl (C=O) groups excluding carboxylic acids is 1. The molecule has 5 heteroatoms. The van der Waals surface area contributed by atoms with Gasteiger partial charge in [-0.2, -0.15) is 5.06 Å². The zero-order valence-electron chi connectivity index (χ0n) is 17.0. The van der Waals surface area contributed by atoms with Crippen molar-refractivity contribution in [2.24, 2.45) is 11.7 Å². The highest BCUT2D eigenvalue weighted by molar-refractivity contribution is 5.64. The molecule has 0 bridgehead atoms. The van der Waals surface area contributed by atoms with Crippen molar-refractivity contribution in [3.05, 3.63) is 35.9 Å².